The molecule has 4 heteroatoms. The van der Waals surface area contributed by atoms with E-state index in [4.69, 9.17) is 0 Å². The first-order chi connectivity index (χ1) is 9.18. The largest absolute Gasteiger partial charge is 0.345 e. The van der Waals surface area contributed by atoms with Gasteiger partial charge in [0.05, 0.1) is 18.1 Å². The van der Waals surface area contributed by atoms with Gasteiger partial charge in [0.15, 0.2) is 0 Å². The van der Waals surface area contributed by atoms with E-state index < -0.39 is 0 Å². The van der Waals surface area contributed by atoms with E-state index >= 15 is 0 Å². The lowest BCUT2D eigenvalue weighted by molar-refractivity contribution is 0.824. The van der Waals surface area contributed by atoms with Crippen molar-refractivity contribution in [1.29, 1.82) is 0 Å². The second kappa shape index (κ2) is 6.87. The van der Waals surface area contributed by atoms with Crippen LogP contribution in [0.5, 0.6) is 0 Å². The van der Waals surface area contributed by atoms with Gasteiger partial charge in [-0.3, -0.25) is 4.99 Å². The van der Waals surface area contributed by atoms with E-state index in [1.54, 1.807) is 6.34 Å². The predicted octanol–water partition coefficient (Wildman–Crippen LogP) is 5.41. The fraction of sp³-hybridized carbons (Fsp3) is 0.133. The summed E-state index contributed by atoms with van der Waals surface area (Å²) in [5.74, 6) is 0. The van der Waals surface area contributed by atoms with Crippen molar-refractivity contribution in [2.75, 3.05) is 5.32 Å². The first-order valence-corrected chi connectivity index (χ1v) is 7.54. The number of halogens is 2. The zero-order chi connectivity index (χ0) is 13.7. The van der Waals surface area contributed by atoms with Gasteiger partial charge < -0.3 is 5.32 Å². The van der Waals surface area contributed by atoms with Gasteiger partial charge in [0.25, 0.3) is 0 Å². The third-order valence-corrected chi connectivity index (χ3v) is 4.07. The summed E-state index contributed by atoms with van der Waals surface area (Å²) >= 11 is 7.01. The van der Waals surface area contributed by atoms with Crippen LogP contribution in [-0.2, 0) is 0 Å². The van der Waals surface area contributed by atoms with Crippen molar-refractivity contribution in [3.8, 4) is 0 Å². The van der Waals surface area contributed by atoms with E-state index in [0.717, 1.165) is 14.6 Å². The van der Waals surface area contributed by atoms with Crippen LogP contribution >= 0.6 is 31.9 Å². The van der Waals surface area contributed by atoms with Gasteiger partial charge in [0.2, 0.25) is 0 Å². The molecule has 0 radical (unpaired) electrons. The summed E-state index contributed by atoms with van der Waals surface area (Å²) in [6.07, 6.45) is 1.74. The zero-order valence-electron chi connectivity index (χ0n) is 10.5. The van der Waals surface area contributed by atoms with Crippen molar-refractivity contribution in [2.24, 2.45) is 4.99 Å². The number of nitrogens with one attached hydrogen (secondary N) is 1. The van der Waals surface area contributed by atoms with Gasteiger partial charge in [-0.05, 0) is 56.5 Å². The van der Waals surface area contributed by atoms with Gasteiger partial charge >= 0.3 is 0 Å². The van der Waals surface area contributed by atoms with Gasteiger partial charge in [0.1, 0.15) is 0 Å². The molecule has 2 nitrogen and oxygen atoms in total. The number of para-hydroxylation sites is 1. The molecule has 1 N–H and O–H groups in total. The third kappa shape index (κ3) is 3.91. The Kier molecular flexibility index (Phi) is 5.16. The maximum atomic E-state index is 4.49. The summed E-state index contributed by atoms with van der Waals surface area (Å²) in [6.45, 7) is 2.07. The number of rotatable bonds is 4. The minimum atomic E-state index is 0.134. The Labute approximate surface area is 130 Å². The molecule has 2 rings (SSSR count). The van der Waals surface area contributed by atoms with Gasteiger partial charge in [-0.15, -0.1) is 0 Å². The Morgan fingerprint density at radius 3 is 2.26 bits per heavy atom. The number of benzene rings is 2. The molecule has 0 amide bonds. The van der Waals surface area contributed by atoms with E-state index in [0.29, 0.717) is 0 Å². The normalized spacial score (nSPS) is 12.6. The molecular formula is C15H14Br2N2. The van der Waals surface area contributed by atoms with E-state index in [1.165, 1.54) is 5.56 Å². The van der Waals surface area contributed by atoms with Gasteiger partial charge in [0, 0.05) is 8.95 Å². The van der Waals surface area contributed by atoms with Crippen LogP contribution in [0.4, 0.5) is 5.69 Å². The second-order valence-corrected chi connectivity index (χ2v) is 5.81. The molecule has 0 aliphatic carbocycles. The topological polar surface area (TPSA) is 24.4 Å². The average Bonchev–Trinajstić information content (AvgIpc) is 2.43. The highest BCUT2D eigenvalue weighted by atomic mass is 79.9. The highest BCUT2D eigenvalue weighted by Gasteiger charge is 2.03. The van der Waals surface area contributed by atoms with Crippen LogP contribution in [0.1, 0.15) is 18.5 Å². The summed E-state index contributed by atoms with van der Waals surface area (Å²) in [7, 11) is 0. The maximum absolute atomic E-state index is 4.49. The first-order valence-electron chi connectivity index (χ1n) is 5.95. The molecule has 0 saturated carbocycles. The molecule has 0 aliphatic rings. The Balaban J connectivity index is 2.04. The lowest BCUT2D eigenvalue weighted by Crippen LogP contribution is -1.99. The lowest BCUT2D eigenvalue weighted by Gasteiger charge is -2.08. The van der Waals surface area contributed by atoms with Gasteiger partial charge in [-0.2, -0.15) is 0 Å². The minimum absolute atomic E-state index is 0.134. The smallest absolute Gasteiger partial charge is 0.0875 e. The fourth-order valence-corrected chi connectivity index (χ4v) is 2.89. The molecule has 0 heterocycles. The summed E-state index contributed by atoms with van der Waals surface area (Å²) in [5.41, 5.74) is 2.18. The van der Waals surface area contributed by atoms with Crippen molar-refractivity contribution in [2.45, 2.75) is 13.0 Å². The number of aliphatic imine (C=N–C) groups is 1. The summed E-state index contributed by atoms with van der Waals surface area (Å²) in [4.78, 5) is 4.49. The summed E-state index contributed by atoms with van der Waals surface area (Å²) < 4.78 is 2.00. The SMILES string of the molecule is C[C@@H](N=CNc1c(Br)cccc1Br)c1ccccc1. The molecule has 0 fully saturated rings. The van der Waals surface area contributed by atoms with Crippen molar-refractivity contribution in [3.63, 3.8) is 0 Å². The zero-order valence-corrected chi connectivity index (χ0v) is 13.6. The van der Waals surface area contributed by atoms with Crippen LogP contribution in [0.15, 0.2) is 62.5 Å². The summed E-state index contributed by atoms with van der Waals surface area (Å²) in [5, 5.41) is 3.20. The number of anilines is 1. The number of hydrogen-bond acceptors (Lipinski definition) is 1. The number of nitrogens with zero attached hydrogens (tertiary/aromatic N) is 1. The van der Waals surface area contributed by atoms with Crippen molar-refractivity contribution < 1.29 is 0 Å². The maximum Gasteiger partial charge on any atom is 0.0875 e. The average molecular weight is 382 g/mol. The Morgan fingerprint density at radius 2 is 1.63 bits per heavy atom. The highest BCUT2D eigenvalue weighted by Crippen LogP contribution is 2.30. The molecule has 0 saturated heterocycles. The Hall–Kier alpha value is -1.13. The summed E-state index contributed by atoms with van der Waals surface area (Å²) in [6, 6.07) is 16.3. The van der Waals surface area contributed by atoms with Crippen LogP contribution in [-0.4, -0.2) is 6.34 Å². The molecule has 1 atom stereocenters. The molecule has 0 bridgehead atoms. The predicted molar refractivity (Wildman–Crippen MR) is 88.8 cm³/mol. The molecule has 0 aromatic heterocycles. The van der Waals surface area contributed by atoms with E-state index in [9.17, 15) is 0 Å². The second-order valence-electron chi connectivity index (χ2n) is 4.11. The van der Waals surface area contributed by atoms with Crippen molar-refractivity contribution in [1.82, 2.24) is 0 Å². The van der Waals surface area contributed by atoms with Crippen LogP contribution in [0.25, 0.3) is 0 Å². The molecule has 0 spiro atoms. The van der Waals surface area contributed by atoms with Crippen LogP contribution in [0.2, 0.25) is 0 Å². The highest BCUT2D eigenvalue weighted by molar-refractivity contribution is 9.11. The van der Waals surface area contributed by atoms with E-state index in [1.807, 2.05) is 36.4 Å². The van der Waals surface area contributed by atoms with Gasteiger partial charge in [-0.1, -0.05) is 36.4 Å². The third-order valence-electron chi connectivity index (χ3n) is 2.75. The molecular weight excluding hydrogens is 368 g/mol. The van der Waals surface area contributed by atoms with E-state index in [2.05, 4.69) is 61.2 Å². The van der Waals surface area contributed by atoms with Crippen LogP contribution in [0.3, 0.4) is 0 Å². The van der Waals surface area contributed by atoms with E-state index in [-0.39, 0.29) is 6.04 Å². The first kappa shape index (κ1) is 14.3. The lowest BCUT2D eigenvalue weighted by atomic mass is 10.1. The number of hydrogen-bond donors (Lipinski definition) is 1. The Bertz CT molecular complexity index is 547. The van der Waals surface area contributed by atoms with Crippen LogP contribution in [0, 0.1) is 0 Å². The standard InChI is InChI=1S/C15H14Br2N2/c1-11(12-6-3-2-4-7-12)18-10-19-15-13(16)8-5-9-14(15)17/h2-11H,1H3,(H,18,19)/t11-/m1/s1. The van der Waals surface area contributed by atoms with Gasteiger partial charge in [-0.25, -0.2) is 0 Å². The molecule has 2 aromatic carbocycles. The molecule has 2 aromatic rings. The molecule has 0 aliphatic heterocycles. The quantitative estimate of drug-likeness (QED) is 0.555. The molecule has 19 heavy (non-hydrogen) atoms. The van der Waals surface area contributed by atoms with Crippen molar-refractivity contribution in [3.05, 3.63) is 63.0 Å². The Morgan fingerprint density at radius 1 is 1.00 bits per heavy atom. The van der Waals surface area contributed by atoms with Crippen molar-refractivity contribution >= 4 is 43.9 Å². The minimum Gasteiger partial charge on any atom is -0.345 e. The fourth-order valence-electron chi connectivity index (χ4n) is 1.67. The van der Waals surface area contributed by atoms with Crippen LogP contribution < -0.4 is 5.32 Å². The molecule has 0 unspecified atom stereocenters. The monoisotopic (exact) mass is 380 g/mol. The molecule has 98 valence electrons.